The van der Waals surface area contributed by atoms with Crippen molar-refractivity contribution >= 4 is 45.7 Å². The summed E-state index contributed by atoms with van der Waals surface area (Å²) in [6.07, 6.45) is 1.86. The topological polar surface area (TPSA) is 110 Å². The van der Waals surface area contributed by atoms with Crippen molar-refractivity contribution in [1.29, 1.82) is 0 Å². The number of amides is 1. The van der Waals surface area contributed by atoms with Gasteiger partial charge in [0, 0.05) is 29.4 Å². The first-order valence-electron chi connectivity index (χ1n) is 11.2. The average Bonchev–Trinajstić information content (AvgIpc) is 3.31. The van der Waals surface area contributed by atoms with Crippen LogP contribution in [0.2, 0.25) is 0 Å². The van der Waals surface area contributed by atoms with E-state index in [0.29, 0.717) is 23.8 Å². The Hall–Kier alpha value is -2.53. The Morgan fingerprint density at radius 2 is 2.03 bits per heavy atom. The number of ketones is 1. The van der Waals surface area contributed by atoms with Crippen LogP contribution in [0.3, 0.4) is 0 Å². The summed E-state index contributed by atoms with van der Waals surface area (Å²) in [6.45, 7) is 4.37. The summed E-state index contributed by atoms with van der Waals surface area (Å²) in [6, 6.07) is 9.63. The van der Waals surface area contributed by atoms with Crippen molar-refractivity contribution in [3.63, 3.8) is 0 Å². The number of rotatable bonds is 9. The number of carbonyl (C=O) groups excluding carboxylic acids is 2. The van der Waals surface area contributed by atoms with Crippen LogP contribution >= 0.6 is 23.1 Å². The van der Waals surface area contributed by atoms with E-state index in [1.807, 2.05) is 37.3 Å². The summed E-state index contributed by atoms with van der Waals surface area (Å²) in [4.78, 5) is 37.9. The second-order valence-corrected chi connectivity index (χ2v) is 10.5. The zero-order valence-corrected chi connectivity index (χ0v) is 21.0. The molecule has 2 aromatic heterocycles. The maximum Gasteiger partial charge on any atom is 0.234 e. The predicted molar refractivity (Wildman–Crippen MR) is 136 cm³/mol. The van der Waals surface area contributed by atoms with E-state index in [2.05, 4.69) is 20.2 Å². The molecule has 0 aliphatic carbocycles. The summed E-state index contributed by atoms with van der Waals surface area (Å²) in [5.74, 6) is 1.68. The molecule has 3 aromatic rings. The fraction of sp³-hybridized carbons (Fsp3) is 0.417. The number of ether oxygens (including phenoxy) is 1. The lowest BCUT2D eigenvalue weighted by atomic mass is 10.1. The van der Waals surface area contributed by atoms with Gasteiger partial charge < -0.3 is 15.8 Å². The van der Waals surface area contributed by atoms with Gasteiger partial charge >= 0.3 is 0 Å². The summed E-state index contributed by atoms with van der Waals surface area (Å²) in [7, 11) is 1.62. The predicted octanol–water partition coefficient (Wildman–Crippen LogP) is 3.02. The van der Waals surface area contributed by atoms with Crippen LogP contribution < -0.4 is 15.8 Å². The van der Waals surface area contributed by atoms with Crippen molar-refractivity contribution in [2.24, 2.45) is 5.73 Å². The number of likely N-dealkylation sites (tertiary alicyclic amines) is 1. The number of nitrogens with one attached hydrogen (secondary N) is 1. The van der Waals surface area contributed by atoms with Gasteiger partial charge in [-0.15, -0.1) is 11.3 Å². The van der Waals surface area contributed by atoms with Crippen molar-refractivity contribution < 1.29 is 14.3 Å². The highest BCUT2D eigenvalue weighted by atomic mass is 32.2. The average molecular weight is 500 g/mol. The number of hydrogen-bond donors (Lipinski definition) is 2. The number of aryl methyl sites for hydroxylation is 1. The van der Waals surface area contributed by atoms with Gasteiger partial charge in [0.25, 0.3) is 0 Å². The third kappa shape index (κ3) is 6.32. The lowest BCUT2D eigenvalue weighted by molar-refractivity contribution is -0.122. The van der Waals surface area contributed by atoms with Crippen LogP contribution in [0.1, 0.15) is 33.2 Å². The summed E-state index contributed by atoms with van der Waals surface area (Å²) in [5, 5.41) is 4.59. The van der Waals surface area contributed by atoms with E-state index in [1.54, 1.807) is 7.11 Å². The van der Waals surface area contributed by atoms with E-state index in [9.17, 15) is 9.59 Å². The van der Waals surface area contributed by atoms with Gasteiger partial charge in [0.1, 0.15) is 16.6 Å². The highest BCUT2D eigenvalue weighted by molar-refractivity contribution is 8.00. The fourth-order valence-corrected chi connectivity index (χ4v) is 5.73. The minimum atomic E-state index is -0.00580. The standard InChI is InChI=1S/C24H29N5O3S2/c1-15-27-20-5-3-17(32-2)11-19(20)24(28-15)33-14-21(30)22-6-4-18(34-22)12-26-23(31)13-29-9-7-16(25)8-10-29/h3-6,11,16H,7-10,12-14,25H2,1-2H3,(H,26,31). The van der Waals surface area contributed by atoms with E-state index >= 15 is 0 Å². The molecule has 0 radical (unpaired) electrons. The molecule has 1 aliphatic rings. The number of nitrogens with two attached hydrogens (primary N) is 1. The number of benzene rings is 1. The SMILES string of the molecule is COc1ccc2nc(C)nc(SCC(=O)c3ccc(CNC(=O)CN4CCC(N)CC4)s3)c2c1. The molecule has 0 unspecified atom stereocenters. The number of aromatic nitrogens is 2. The highest BCUT2D eigenvalue weighted by Gasteiger charge is 2.18. The fourth-order valence-electron chi connectivity index (χ4n) is 3.81. The molecule has 3 heterocycles. The number of thiophene rings is 1. The van der Waals surface area contributed by atoms with Crippen molar-refractivity contribution in [3.05, 3.63) is 45.9 Å². The molecule has 1 amide bonds. The molecular formula is C24H29N5O3S2. The minimum Gasteiger partial charge on any atom is -0.497 e. The quantitative estimate of drug-likeness (QED) is 0.263. The van der Waals surface area contributed by atoms with Gasteiger partial charge in [-0.05, 0) is 50.1 Å². The normalized spacial score (nSPS) is 14.9. The monoisotopic (exact) mass is 499 g/mol. The molecule has 0 bridgehead atoms. The first-order chi connectivity index (χ1) is 16.4. The summed E-state index contributed by atoms with van der Waals surface area (Å²) >= 11 is 2.82. The van der Waals surface area contributed by atoms with Crippen LogP contribution in [0.4, 0.5) is 0 Å². The number of Topliss-reactive ketones (excluding diaryl/α,β-unsaturated/α-hetero) is 1. The number of thioether (sulfide) groups is 1. The number of hydrogen-bond acceptors (Lipinski definition) is 9. The van der Waals surface area contributed by atoms with Gasteiger partial charge in [-0.25, -0.2) is 9.97 Å². The maximum absolute atomic E-state index is 12.8. The second kappa shape index (κ2) is 11.3. The van der Waals surface area contributed by atoms with Gasteiger partial charge in [-0.1, -0.05) is 11.8 Å². The van der Waals surface area contributed by atoms with Crippen LogP contribution in [-0.4, -0.2) is 65.1 Å². The van der Waals surface area contributed by atoms with Gasteiger partial charge in [-0.3, -0.25) is 14.5 Å². The smallest absolute Gasteiger partial charge is 0.234 e. The molecule has 1 saturated heterocycles. The molecule has 4 rings (SSSR count). The first kappa shape index (κ1) is 24.6. The molecule has 3 N–H and O–H groups in total. The molecule has 34 heavy (non-hydrogen) atoms. The Morgan fingerprint density at radius 3 is 2.79 bits per heavy atom. The Kier molecular flexibility index (Phi) is 8.15. The molecular weight excluding hydrogens is 470 g/mol. The maximum atomic E-state index is 12.8. The van der Waals surface area contributed by atoms with E-state index in [4.69, 9.17) is 10.5 Å². The zero-order valence-electron chi connectivity index (χ0n) is 19.4. The molecule has 0 atom stereocenters. The largest absolute Gasteiger partial charge is 0.497 e. The summed E-state index contributed by atoms with van der Waals surface area (Å²) < 4.78 is 5.32. The van der Waals surface area contributed by atoms with Crippen LogP contribution in [0.5, 0.6) is 5.75 Å². The zero-order chi connectivity index (χ0) is 24.1. The molecule has 180 valence electrons. The Bertz CT molecular complexity index is 1170. The molecule has 1 aromatic carbocycles. The molecule has 10 heteroatoms. The number of fused-ring (bicyclic) bond motifs is 1. The van der Waals surface area contributed by atoms with Crippen LogP contribution in [-0.2, 0) is 11.3 Å². The summed E-state index contributed by atoms with van der Waals surface area (Å²) in [5.41, 5.74) is 6.74. The Labute approximate surface area is 207 Å². The van der Waals surface area contributed by atoms with Crippen molar-refractivity contribution in [3.8, 4) is 5.75 Å². The van der Waals surface area contributed by atoms with Crippen molar-refractivity contribution in [2.45, 2.75) is 37.4 Å². The van der Waals surface area contributed by atoms with Crippen molar-refractivity contribution in [1.82, 2.24) is 20.2 Å². The minimum absolute atomic E-state index is 0.00580. The van der Waals surface area contributed by atoms with E-state index in [1.165, 1.54) is 23.1 Å². The lowest BCUT2D eigenvalue weighted by Gasteiger charge is -2.29. The van der Waals surface area contributed by atoms with Gasteiger partial charge in [0.05, 0.1) is 36.3 Å². The third-order valence-corrected chi connectivity index (χ3v) is 7.83. The van der Waals surface area contributed by atoms with Gasteiger partial charge in [0.2, 0.25) is 5.91 Å². The Balaban J connectivity index is 1.31. The van der Waals surface area contributed by atoms with Crippen molar-refractivity contribution in [2.75, 3.05) is 32.5 Å². The van der Waals surface area contributed by atoms with Gasteiger partial charge in [-0.2, -0.15) is 0 Å². The number of carbonyl (C=O) groups is 2. The van der Waals surface area contributed by atoms with Crippen LogP contribution in [0.15, 0.2) is 35.4 Å². The number of methoxy groups -OCH3 is 1. The number of piperidine rings is 1. The second-order valence-electron chi connectivity index (χ2n) is 8.33. The molecule has 0 saturated carbocycles. The van der Waals surface area contributed by atoms with E-state index in [0.717, 1.165) is 52.5 Å². The molecule has 1 fully saturated rings. The van der Waals surface area contributed by atoms with Crippen LogP contribution in [0.25, 0.3) is 10.9 Å². The highest BCUT2D eigenvalue weighted by Crippen LogP contribution is 2.29. The van der Waals surface area contributed by atoms with E-state index in [-0.39, 0.29) is 23.5 Å². The molecule has 1 aliphatic heterocycles. The lowest BCUT2D eigenvalue weighted by Crippen LogP contribution is -2.44. The van der Waals surface area contributed by atoms with E-state index < -0.39 is 0 Å². The molecule has 8 nitrogen and oxygen atoms in total. The number of nitrogens with zero attached hydrogens (tertiary/aromatic N) is 3. The first-order valence-corrected chi connectivity index (χ1v) is 13.0. The molecule has 0 spiro atoms. The third-order valence-electron chi connectivity index (χ3n) is 5.72. The van der Waals surface area contributed by atoms with Gasteiger partial charge in [0.15, 0.2) is 5.78 Å². The Morgan fingerprint density at radius 1 is 1.24 bits per heavy atom. The van der Waals surface area contributed by atoms with Crippen LogP contribution in [0, 0.1) is 6.92 Å².